The van der Waals surface area contributed by atoms with Gasteiger partial charge >= 0.3 is 0 Å². The lowest BCUT2D eigenvalue weighted by atomic mass is 9.64. The summed E-state index contributed by atoms with van der Waals surface area (Å²) in [5, 5.41) is 0. The number of rotatable bonds is 5. The molecule has 0 fully saturated rings. The van der Waals surface area contributed by atoms with Crippen molar-refractivity contribution in [1.82, 2.24) is 0 Å². The summed E-state index contributed by atoms with van der Waals surface area (Å²) in [6, 6.07) is 0. The minimum absolute atomic E-state index is 0.469. The predicted molar refractivity (Wildman–Crippen MR) is 87.5 cm³/mol. The third-order valence-corrected chi connectivity index (χ3v) is 5.13. The van der Waals surface area contributed by atoms with E-state index < -0.39 is 0 Å². The van der Waals surface area contributed by atoms with Crippen LogP contribution >= 0.6 is 0 Å². The van der Waals surface area contributed by atoms with Crippen molar-refractivity contribution in [3.63, 3.8) is 0 Å². The Labute approximate surface area is 122 Å². The van der Waals surface area contributed by atoms with Crippen LogP contribution in [0.3, 0.4) is 0 Å². The molecule has 0 heterocycles. The highest BCUT2D eigenvalue weighted by atomic mass is 14.4. The molecule has 2 atom stereocenters. The molecular weight excluding hydrogens is 227 g/mol. The van der Waals surface area contributed by atoms with Gasteiger partial charge in [0.2, 0.25) is 0 Å². The molecule has 0 aromatic carbocycles. The van der Waals surface area contributed by atoms with E-state index in [-0.39, 0.29) is 0 Å². The maximum absolute atomic E-state index is 6.18. The first-order valence-electron chi connectivity index (χ1n) is 7.97. The molecule has 0 aromatic rings. The maximum Gasteiger partial charge on any atom is 0.107 e. The molecule has 0 saturated carbocycles. The van der Waals surface area contributed by atoms with Crippen molar-refractivity contribution in [3.05, 3.63) is 23.2 Å². The van der Waals surface area contributed by atoms with E-state index in [2.05, 4.69) is 34.3 Å². The molecule has 106 valence electrons. The van der Waals surface area contributed by atoms with Crippen LogP contribution in [0.4, 0.5) is 0 Å². The standard InChI is InChI=1S/C18H31B/c1-6-7-16-8-9-17(19)15(4)11-13-18(16,5)12-10-14(2)3/h16H,2,6-13H2,1,3-5H3/b17-15-. The summed E-state index contributed by atoms with van der Waals surface area (Å²) in [7, 11) is 6.18. The molecule has 19 heavy (non-hydrogen) atoms. The Kier molecular flexibility index (Phi) is 6.43. The van der Waals surface area contributed by atoms with E-state index in [1.54, 1.807) is 0 Å². The summed E-state index contributed by atoms with van der Waals surface area (Å²) in [5.41, 5.74) is 4.38. The SMILES string of the molecule is [B]/C1=C(/C)CCC(C)(CCC(=C)C)C(CCC)CC1. The van der Waals surface area contributed by atoms with E-state index in [0.717, 1.165) is 17.8 Å². The summed E-state index contributed by atoms with van der Waals surface area (Å²) in [6.45, 7) is 13.3. The fraction of sp³-hybridized carbons (Fsp3) is 0.778. The molecule has 2 unspecified atom stereocenters. The van der Waals surface area contributed by atoms with Gasteiger partial charge in [-0.05, 0) is 63.7 Å². The molecule has 0 aliphatic heterocycles. The van der Waals surface area contributed by atoms with Gasteiger partial charge in [0, 0.05) is 0 Å². The van der Waals surface area contributed by atoms with Crippen molar-refractivity contribution in [2.45, 2.75) is 79.1 Å². The normalized spacial score (nSPS) is 32.7. The molecule has 1 aliphatic rings. The minimum Gasteiger partial charge on any atom is -0.119 e. The van der Waals surface area contributed by atoms with Gasteiger partial charge in [0.25, 0.3) is 0 Å². The second kappa shape index (κ2) is 7.36. The van der Waals surface area contributed by atoms with E-state index in [1.807, 2.05) is 0 Å². The fourth-order valence-corrected chi connectivity index (χ4v) is 3.40. The zero-order chi connectivity index (χ0) is 14.5. The van der Waals surface area contributed by atoms with E-state index in [9.17, 15) is 0 Å². The van der Waals surface area contributed by atoms with Crippen LogP contribution in [0, 0.1) is 11.3 Å². The molecule has 2 radical (unpaired) electrons. The van der Waals surface area contributed by atoms with Gasteiger partial charge in [-0.1, -0.05) is 37.8 Å². The third kappa shape index (κ3) is 4.86. The Morgan fingerprint density at radius 1 is 1.42 bits per heavy atom. The molecule has 0 nitrogen and oxygen atoms in total. The van der Waals surface area contributed by atoms with Crippen LogP contribution in [0.15, 0.2) is 23.2 Å². The zero-order valence-electron chi connectivity index (χ0n) is 13.5. The van der Waals surface area contributed by atoms with Gasteiger partial charge in [-0.3, -0.25) is 0 Å². The lowest BCUT2D eigenvalue weighted by Crippen LogP contribution is -2.29. The van der Waals surface area contributed by atoms with Crippen LogP contribution in [-0.4, -0.2) is 7.85 Å². The fourth-order valence-electron chi connectivity index (χ4n) is 3.40. The van der Waals surface area contributed by atoms with E-state index in [4.69, 9.17) is 7.85 Å². The van der Waals surface area contributed by atoms with Gasteiger partial charge in [-0.15, -0.1) is 12.1 Å². The van der Waals surface area contributed by atoms with Crippen LogP contribution in [-0.2, 0) is 0 Å². The Morgan fingerprint density at radius 3 is 2.68 bits per heavy atom. The first-order valence-corrected chi connectivity index (χ1v) is 7.97. The molecule has 1 rings (SSSR count). The van der Waals surface area contributed by atoms with Gasteiger partial charge in [0.05, 0.1) is 0 Å². The molecule has 0 saturated heterocycles. The first-order chi connectivity index (χ1) is 8.89. The van der Waals surface area contributed by atoms with Crippen molar-refractivity contribution in [2.75, 3.05) is 0 Å². The smallest absolute Gasteiger partial charge is 0.107 e. The van der Waals surface area contributed by atoms with Gasteiger partial charge in [0.1, 0.15) is 7.85 Å². The second-order valence-corrected chi connectivity index (χ2v) is 6.94. The second-order valence-electron chi connectivity index (χ2n) is 6.94. The van der Waals surface area contributed by atoms with Crippen LogP contribution < -0.4 is 0 Å². The maximum atomic E-state index is 6.18. The molecule has 0 amide bonds. The molecule has 0 N–H and O–H groups in total. The number of allylic oxidation sites excluding steroid dienone is 3. The quantitative estimate of drug-likeness (QED) is 0.433. The van der Waals surface area contributed by atoms with Crippen LogP contribution in [0.5, 0.6) is 0 Å². The average Bonchev–Trinajstić information content (AvgIpc) is 2.37. The van der Waals surface area contributed by atoms with E-state index in [0.29, 0.717) is 5.41 Å². The monoisotopic (exact) mass is 258 g/mol. The van der Waals surface area contributed by atoms with Gasteiger partial charge in [-0.2, -0.15) is 0 Å². The van der Waals surface area contributed by atoms with Crippen LogP contribution in [0.1, 0.15) is 79.1 Å². The molecule has 0 aromatic heterocycles. The Hall–Kier alpha value is -0.455. The van der Waals surface area contributed by atoms with E-state index in [1.165, 1.54) is 56.1 Å². The lowest BCUT2D eigenvalue weighted by Gasteiger charge is -2.40. The van der Waals surface area contributed by atoms with Gasteiger partial charge < -0.3 is 0 Å². The summed E-state index contributed by atoms with van der Waals surface area (Å²) in [4.78, 5) is 0. The molecule has 1 aliphatic carbocycles. The number of hydrogen-bond donors (Lipinski definition) is 0. The van der Waals surface area contributed by atoms with Crippen LogP contribution in [0.2, 0.25) is 0 Å². The molecule has 1 heteroatoms. The Bertz CT molecular complexity index is 340. The zero-order valence-corrected chi connectivity index (χ0v) is 13.5. The van der Waals surface area contributed by atoms with Crippen molar-refractivity contribution in [3.8, 4) is 0 Å². The third-order valence-electron chi connectivity index (χ3n) is 5.13. The van der Waals surface area contributed by atoms with Crippen LogP contribution in [0.25, 0.3) is 0 Å². The van der Waals surface area contributed by atoms with Gasteiger partial charge in [-0.25, -0.2) is 0 Å². The summed E-state index contributed by atoms with van der Waals surface area (Å²) in [6.07, 6.45) is 9.93. The van der Waals surface area contributed by atoms with Crippen molar-refractivity contribution in [2.24, 2.45) is 11.3 Å². The van der Waals surface area contributed by atoms with Gasteiger partial charge in [0.15, 0.2) is 0 Å². The lowest BCUT2D eigenvalue weighted by molar-refractivity contribution is 0.130. The Balaban J connectivity index is 2.85. The van der Waals surface area contributed by atoms with Crippen molar-refractivity contribution in [1.29, 1.82) is 0 Å². The summed E-state index contributed by atoms with van der Waals surface area (Å²) >= 11 is 0. The summed E-state index contributed by atoms with van der Waals surface area (Å²) < 4.78 is 0. The largest absolute Gasteiger partial charge is 0.119 e. The topological polar surface area (TPSA) is 0 Å². The van der Waals surface area contributed by atoms with Crippen molar-refractivity contribution < 1.29 is 0 Å². The first kappa shape index (κ1) is 16.6. The molecule has 0 bridgehead atoms. The molecular formula is C18H31B. The highest BCUT2D eigenvalue weighted by Crippen LogP contribution is 2.45. The highest BCUT2D eigenvalue weighted by Gasteiger charge is 2.33. The summed E-state index contributed by atoms with van der Waals surface area (Å²) in [5.74, 6) is 0.823. The van der Waals surface area contributed by atoms with Crippen molar-refractivity contribution >= 4 is 7.85 Å². The highest BCUT2D eigenvalue weighted by molar-refractivity contribution is 6.21. The minimum atomic E-state index is 0.469. The average molecular weight is 258 g/mol. The predicted octanol–water partition coefficient (Wildman–Crippen LogP) is 5.78. The Morgan fingerprint density at radius 2 is 2.11 bits per heavy atom. The molecule has 0 spiro atoms. The van der Waals surface area contributed by atoms with E-state index >= 15 is 0 Å². The number of hydrogen-bond acceptors (Lipinski definition) is 0.